The molecule has 0 spiro atoms. The van der Waals surface area contributed by atoms with Crippen LogP contribution >= 0.6 is 23.4 Å². The van der Waals surface area contributed by atoms with E-state index in [9.17, 15) is 5.11 Å². The van der Waals surface area contributed by atoms with Crippen molar-refractivity contribution in [1.29, 1.82) is 0 Å². The van der Waals surface area contributed by atoms with Gasteiger partial charge in [0.2, 0.25) is 0 Å². The van der Waals surface area contributed by atoms with Crippen molar-refractivity contribution in [2.45, 2.75) is 16.8 Å². The zero-order chi connectivity index (χ0) is 11.8. The number of halogens is 1. The molecule has 1 nitrogen and oxygen atoms in total. The third-order valence-corrected chi connectivity index (χ3v) is 4.48. The van der Waals surface area contributed by atoms with Gasteiger partial charge in [0.05, 0.1) is 0 Å². The van der Waals surface area contributed by atoms with Gasteiger partial charge in [-0.25, -0.2) is 0 Å². The molecule has 0 saturated carbocycles. The Bertz CT molecular complexity index is 568. The third-order valence-electron chi connectivity index (χ3n) is 3.01. The summed E-state index contributed by atoms with van der Waals surface area (Å²) in [5.41, 5.74) is 2.92. The van der Waals surface area contributed by atoms with Crippen LogP contribution in [0.5, 0.6) is 0 Å². The van der Waals surface area contributed by atoms with Crippen LogP contribution in [-0.4, -0.2) is 5.11 Å². The zero-order valence-corrected chi connectivity index (χ0v) is 10.6. The summed E-state index contributed by atoms with van der Waals surface area (Å²) in [6, 6.07) is 13.8. The smallest absolute Gasteiger partial charge is 0.107 e. The standard InChI is InChI=1S/C14H11ClOS/c15-11-6-3-4-9-8-17-12-7-2-1-5-10(12)14(16)13(9)11/h1-7,14,16H,8H2. The molecule has 1 atom stereocenters. The van der Waals surface area contributed by atoms with Gasteiger partial charge in [-0.1, -0.05) is 41.9 Å². The molecule has 2 aromatic carbocycles. The summed E-state index contributed by atoms with van der Waals surface area (Å²) in [6.45, 7) is 0. The van der Waals surface area contributed by atoms with Crippen molar-refractivity contribution in [3.63, 3.8) is 0 Å². The average Bonchev–Trinajstić information content (AvgIpc) is 2.49. The molecule has 86 valence electrons. The van der Waals surface area contributed by atoms with Gasteiger partial charge < -0.3 is 5.11 Å². The highest BCUT2D eigenvalue weighted by Crippen LogP contribution is 2.41. The van der Waals surface area contributed by atoms with Gasteiger partial charge in [0.15, 0.2) is 0 Å². The molecule has 0 fully saturated rings. The first kappa shape index (κ1) is 11.1. The van der Waals surface area contributed by atoms with Crippen molar-refractivity contribution in [1.82, 2.24) is 0 Å². The van der Waals surface area contributed by atoms with Crippen LogP contribution < -0.4 is 0 Å². The van der Waals surface area contributed by atoms with Crippen molar-refractivity contribution >= 4 is 23.4 Å². The van der Waals surface area contributed by atoms with Crippen LogP contribution in [0.4, 0.5) is 0 Å². The van der Waals surface area contributed by atoms with Gasteiger partial charge in [-0.15, -0.1) is 11.8 Å². The molecule has 1 aliphatic rings. The molecule has 0 aliphatic carbocycles. The third kappa shape index (κ3) is 1.86. The fraction of sp³-hybridized carbons (Fsp3) is 0.143. The topological polar surface area (TPSA) is 20.2 Å². The predicted molar refractivity (Wildman–Crippen MR) is 71.5 cm³/mol. The van der Waals surface area contributed by atoms with E-state index in [2.05, 4.69) is 0 Å². The maximum absolute atomic E-state index is 10.5. The van der Waals surface area contributed by atoms with Gasteiger partial charge in [0, 0.05) is 21.2 Å². The lowest BCUT2D eigenvalue weighted by molar-refractivity contribution is 0.217. The maximum atomic E-state index is 10.5. The molecule has 3 heteroatoms. The molecule has 0 saturated heterocycles. The monoisotopic (exact) mass is 262 g/mol. The largest absolute Gasteiger partial charge is 0.384 e. The van der Waals surface area contributed by atoms with E-state index in [0.29, 0.717) is 5.02 Å². The van der Waals surface area contributed by atoms with Gasteiger partial charge in [-0.3, -0.25) is 0 Å². The Morgan fingerprint density at radius 1 is 1.12 bits per heavy atom. The maximum Gasteiger partial charge on any atom is 0.107 e. The molecule has 1 unspecified atom stereocenters. The predicted octanol–water partition coefficient (Wildman–Crippen LogP) is 4.03. The number of benzene rings is 2. The van der Waals surface area contributed by atoms with Crippen LogP contribution in [-0.2, 0) is 5.75 Å². The first-order valence-corrected chi connectivity index (χ1v) is 6.81. The van der Waals surface area contributed by atoms with Gasteiger partial charge in [0.25, 0.3) is 0 Å². The zero-order valence-electron chi connectivity index (χ0n) is 9.06. The van der Waals surface area contributed by atoms with Crippen molar-refractivity contribution in [3.8, 4) is 0 Å². The first-order valence-electron chi connectivity index (χ1n) is 5.44. The van der Waals surface area contributed by atoms with E-state index in [1.165, 1.54) is 0 Å². The second-order valence-electron chi connectivity index (χ2n) is 4.04. The Balaban J connectivity index is 2.22. The van der Waals surface area contributed by atoms with E-state index in [-0.39, 0.29) is 0 Å². The lowest BCUT2D eigenvalue weighted by Crippen LogP contribution is -2.02. The average molecular weight is 263 g/mol. The second kappa shape index (κ2) is 4.37. The molecule has 1 N–H and O–H groups in total. The van der Waals surface area contributed by atoms with Crippen molar-refractivity contribution in [2.75, 3.05) is 0 Å². The van der Waals surface area contributed by atoms with Crippen LogP contribution in [0.2, 0.25) is 5.02 Å². The summed E-state index contributed by atoms with van der Waals surface area (Å²) >= 11 is 7.95. The van der Waals surface area contributed by atoms with E-state index in [1.807, 2.05) is 42.5 Å². The van der Waals surface area contributed by atoms with Gasteiger partial charge in [-0.05, 0) is 23.3 Å². The lowest BCUT2D eigenvalue weighted by atomic mass is 9.97. The summed E-state index contributed by atoms with van der Waals surface area (Å²) < 4.78 is 0. The van der Waals surface area contributed by atoms with Crippen molar-refractivity contribution < 1.29 is 5.11 Å². The Labute approximate surface area is 109 Å². The molecular weight excluding hydrogens is 252 g/mol. The SMILES string of the molecule is OC1c2ccccc2SCc2cccc(Cl)c21. The van der Waals surface area contributed by atoms with Crippen molar-refractivity contribution in [3.05, 3.63) is 64.2 Å². The molecule has 0 aromatic heterocycles. The van der Waals surface area contributed by atoms with Crippen LogP contribution in [0, 0.1) is 0 Å². The normalized spacial score (nSPS) is 18.1. The highest BCUT2D eigenvalue weighted by Gasteiger charge is 2.23. The van der Waals surface area contributed by atoms with E-state index in [0.717, 1.165) is 27.3 Å². The van der Waals surface area contributed by atoms with Crippen molar-refractivity contribution in [2.24, 2.45) is 0 Å². The number of aliphatic hydroxyl groups excluding tert-OH is 1. The molecular formula is C14H11ClOS. The minimum absolute atomic E-state index is 0.620. The Hall–Kier alpha value is -0.960. The molecule has 17 heavy (non-hydrogen) atoms. The molecule has 3 rings (SSSR count). The number of thioether (sulfide) groups is 1. The van der Waals surface area contributed by atoms with E-state index < -0.39 is 6.10 Å². The molecule has 1 aliphatic heterocycles. The summed E-state index contributed by atoms with van der Waals surface area (Å²) in [5.74, 6) is 0.851. The number of aliphatic hydroxyl groups is 1. The first-order chi connectivity index (χ1) is 8.27. The second-order valence-corrected chi connectivity index (χ2v) is 5.47. The minimum Gasteiger partial charge on any atom is -0.384 e. The Kier molecular flexibility index (Phi) is 2.87. The molecule has 1 heterocycles. The fourth-order valence-electron chi connectivity index (χ4n) is 2.16. The lowest BCUT2D eigenvalue weighted by Gasteiger charge is -2.15. The highest BCUT2D eigenvalue weighted by atomic mass is 35.5. The van der Waals surface area contributed by atoms with Crippen LogP contribution in [0.15, 0.2) is 47.4 Å². The summed E-state index contributed by atoms with van der Waals surface area (Å²) in [7, 11) is 0. The molecule has 0 amide bonds. The number of fused-ring (bicyclic) bond motifs is 2. The van der Waals surface area contributed by atoms with Crippen LogP contribution in [0.3, 0.4) is 0 Å². The van der Waals surface area contributed by atoms with E-state index >= 15 is 0 Å². The van der Waals surface area contributed by atoms with Crippen LogP contribution in [0.25, 0.3) is 0 Å². The Morgan fingerprint density at radius 3 is 2.82 bits per heavy atom. The molecule has 2 aromatic rings. The minimum atomic E-state index is -0.620. The fourth-order valence-corrected chi connectivity index (χ4v) is 3.54. The molecule has 0 radical (unpaired) electrons. The van der Waals surface area contributed by atoms with Gasteiger partial charge in [-0.2, -0.15) is 0 Å². The Morgan fingerprint density at radius 2 is 1.94 bits per heavy atom. The van der Waals surface area contributed by atoms with Gasteiger partial charge in [0.1, 0.15) is 6.10 Å². The summed E-state index contributed by atoms with van der Waals surface area (Å²) in [6.07, 6.45) is -0.620. The number of hydrogen-bond donors (Lipinski definition) is 1. The molecule has 0 bridgehead atoms. The van der Waals surface area contributed by atoms with E-state index in [4.69, 9.17) is 11.6 Å². The number of rotatable bonds is 0. The summed E-state index contributed by atoms with van der Waals surface area (Å²) in [4.78, 5) is 1.13. The van der Waals surface area contributed by atoms with Gasteiger partial charge >= 0.3 is 0 Å². The summed E-state index contributed by atoms with van der Waals surface area (Å²) in [5, 5.41) is 11.1. The van der Waals surface area contributed by atoms with Crippen LogP contribution in [0.1, 0.15) is 22.8 Å². The quantitative estimate of drug-likeness (QED) is 0.774. The van der Waals surface area contributed by atoms with E-state index in [1.54, 1.807) is 11.8 Å². The highest BCUT2D eigenvalue weighted by molar-refractivity contribution is 7.98. The number of hydrogen-bond acceptors (Lipinski definition) is 2.